The molecule has 0 aliphatic carbocycles. The van der Waals surface area contributed by atoms with Gasteiger partial charge in [-0.25, -0.2) is 0 Å². The fourth-order valence-corrected chi connectivity index (χ4v) is 4.03. The quantitative estimate of drug-likeness (QED) is 0.637. The fraction of sp³-hybridized carbons (Fsp3) is 0.636. The van der Waals surface area contributed by atoms with Crippen LogP contribution in [0.5, 0.6) is 5.75 Å². The van der Waals surface area contributed by atoms with Gasteiger partial charge in [0.05, 0.1) is 0 Å². The van der Waals surface area contributed by atoms with Crippen LogP contribution in [0.4, 0.5) is 0 Å². The molecule has 2 rings (SSSR count). The van der Waals surface area contributed by atoms with Crippen LogP contribution in [0.3, 0.4) is 0 Å². The number of ether oxygens (including phenoxy) is 1. The van der Waals surface area contributed by atoms with E-state index in [0.717, 1.165) is 11.0 Å². The SMILES string of the molecule is CC(Oc1ccc(Br)cc1)C(=O)N1CCC(C(=O)NCC(C)(C)CN(C)C)CC1. The molecule has 0 saturated carbocycles. The summed E-state index contributed by atoms with van der Waals surface area (Å²) in [5, 5.41) is 3.10. The molecule has 1 aliphatic rings. The van der Waals surface area contributed by atoms with Gasteiger partial charge in [-0.15, -0.1) is 0 Å². The third-order valence-electron chi connectivity index (χ3n) is 5.14. The summed E-state index contributed by atoms with van der Waals surface area (Å²) in [6.45, 7) is 8.83. The van der Waals surface area contributed by atoms with E-state index in [1.165, 1.54) is 0 Å². The lowest BCUT2D eigenvalue weighted by Gasteiger charge is -2.34. The predicted octanol–water partition coefficient (Wildman–Crippen LogP) is 3.16. The molecule has 2 amide bonds. The van der Waals surface area contributed by atoms with Gasteiger partial charge in [-0.05, 0) is 63.5 Å². The molecule has 1 aromatic rings. The van der Waals surface area contributed by atoms with Crippen molar-refractivity contribution in [3.8, 4) is 5.75 Å². The maximum Gasteiger partial charge on any atom is 0.263 e. The zero-order valence-electron chi connectivity index (χ0n) is 18.2. The van der Waals surface area contributed by atoms with E-state index in [-0.39, 0.29) is 23.1 Å². The molecule has 0 spiro atoms. The van der Waals surface area contributed by atoms with E-state index >= 15 is 0 Å². The Hall–Kier alpha value is -1.60. The monoisotopic (exact) mass is 467 g/mol. The largest absolute Gasteiger partial charge is 0.481 e. The molecule has 1 aliphatic heterocycles. The van der Waals surface area contributed by atoms with Crippen molar-refractivity contribution in [3.05, 3.63) is 28.7 Å². The van der Waals surface area contributed by atoms with Crippen LogP contribution in [0, 0.1) is 11.3 Å². The van der Waals surface area contributed by atoms with Gasteiger partial charge in [-0.1, -0.05) is 29.8 Å². The standard InChI is InChI=1S/C22H34BrN3O3/c1-16(29-19-8-6-18(23)7-9-19)21(28)26-12-10-17(11-13-26)20(27)24-14-22(2,3)15-25(4)5/h6-9,16-17H,10-15H2,1-5H3,(H,24,27). The Kier molecular flexibility index (Phi) is 8.52. The maximum atomic E-state index is 12.7. The van der Waals surface area contributed by atoms with E-state index in [0.29, 0.717) is 38.2 Å². The average Bonchev–Trinajstić information content (AvgIpc) is 2.66. The van der Waals surface area contributed by atoms with Crippen LogP contribution in [-0.2, 0) is 9.59 Å². The average molecular weight is 468 g/mol. The summed E-state index contributed by atoms with van der Waals surface area (Å²) < 4.78 is 6.74. The number of nitrogens with one attached hydrogen (secondary N) is 1. The molecule has 1 heterocycles. The molecule has 7 heteroatoms. The summed E-state index contributed by atoms with van der Waals surface area (Å²) in [4.78, 5) is 29.2. The second kappa shape index (κ2) is 10.4. The Morgan fingerprint density at radius 2 is 1.83 bits per heavy atom. The molecule has 0 radical (unpaired) electrons. The van der Waals surface area contributed by atoms with E-state index in [1.807, 2.05) is 43.3 Å². The van der Waals surface area contributed by atoms with Gasteiger partial charge in [0.25, 0.3) is 5.91 Å². The number of carbonyl (C=O) groups is 2. The van der Waals surface area contributed by atoms with Crippen molar-refractivity contribution in [3.63, 3.8) is 0 Å². The molecule has 162 valence electrons. The first-order chi connectivity index (χ1) is 13.6. The number of hydrogen-bond acceptors (Lipinski definition) is 4. The first-order valence-electron chi connectivity index (χ1n) is 10.2. The second-order valence-electron chi connectivity index (χ2n) is 8.93. The summed E-state index contributed by atoms with van der Waals surface area (Å²) in [5.74, 6) is 0.711. The first kappa shape index (κ1) is 23.7. The van der Waals surface area contributed by atoms with Gasteiger partial charge < -0.3 is 19.9 Å². The summed E-state index contributed by atoms with van der Waals surface area (Å²) in [6, 6.07) is 7.44. The Morgan fingerprint density at radius 1 is 1.24 bits per heavy atom. The molecule has 1 atom stereocenters. The predicted molar refractivity (Wildman–Crippen MR) is 119 cm³/mol. The second-order valence-corrected chi connectivity index (χ2v) is 9.85. The number of halogens is 1. The summed E-state index contributed by atoms with van der Waals surface area (Å²) in [5.41, 5.74) is 0.0234. The number of amides is 2. The molecule has 1 saturated heterocycles. The smallest absolute Gasteiger partial charge is 0.263 e. The molecular formula is C22H34BrN3O3. The van der Waals surface area contributed by atoms with Gasteiger partial charge >= 0.3 is 0 Å². The van der Waals surface area contributed by atoms with Crippen LogP contribution in [0.1, 0.15) is 33.6 Å². The number of nitrogens with zero attached hydrogens (tertiary/aromatic N) is 2. The zero-order chi connectivity index (χ0) is 21.6. The normalized spacial score (nSPS) is 16.6. The van der Waals surface area contributed by atoms with Gasteiger partial charge in [0, 0.05) is 36.6 Å². The van der Waals surface area contributed by atoms with Gasteiger partial charge in [0.15, 0.2) is 6.10 Å². The minimum absolute atomic E-state index is 0.0234. The zero-order valence-corrected chi connectivity index (χ0v) is 19.8. The molecule has 1 unspecified atom stereocenters. The molecule has 1 fully saturated rings. The highest BCUT2D eigenvalue weighted by Crippen LogP contribution is 2.22. The Morgan fingerprint density at radius 3 is 2.38 bits per heavy atom. The number of piperidine rings is 1. The van der Waals surface area contributed by atoms with Crippen LogP contribution in [0.25, 0.3) is 0 Å². The Bertz CT molecular complexity index is 683. The van der Waals surface area contributed by atoms with Crippen molar-refractivity contribution >= 4 is 27.7 Å². The van der Waals surface area contributed by atoms with Crippen LogP contribution in [0.2, 0.25) is 0 Å². The van der Waals surface area contributed by atoms with Crippen LogP contribution in [-0.4, -0.2) is 68.0 Å². The highest BCUT2D eigenvalue weighted by Gasteiger charge is 2.31. The molecule has 6 nitrogen and oxygen atoms in total. The number of hydrogen-bond donors (Lipinski definition) is 1. The molecule has 29 heavy (non-hydrogen) atoms. The number of rotatable bonds is 8. The van der Waals surface area contributed by atoms with Crippen LogP contribution >= 0.6 is 15.9 Å². The summed E-state index contributed by atoms with van der Waals surface area (Å²) in [6.07, 6.45) is 0.835. The first-order valence-corrected chi connectivity index (χ1v) is 11.0. The van der Waals surface area contributed by atoms with Gasteiger partial charge in [-0.2, -0.15) is 0 Å². The van der Waals surface area contributed by atoms with Gasteiger partial charge in [0.2, 0.25) is 5.91 Å². The van der Waals surface area contributed by atoms with Crippen molar-refractivity contribution in [2.75, 3.05) is 40.3 Å². The highest BCUT2D eigenvalue weighted by molar-refractivity contribution is 9.10. The Labute approximate surface area is 183 Å². The van der Waals surface area contributed by atoms with E-state index in [1.54, 1.807) is 6.92 Å². The number of carbonyl (C=O) groups excluding carboxylic acids is 2. The minimum atomic E-state index is -0.548. The lowest BCUT2D eigenvalue weighted by atomic mass is 9.91. The van der Waals surface area contributed by atoms with E-state index in [4.69, 9.17) is 4.74 Å². The van der Waals surface area contributed by atoms with E-state index in [9.17, 15) is 9.59 Å². The van der Waals surface area contributed by atoms with Crippen molar-refractivity contribution < 1.29 is 14.3 Å². The molecule has 1 N–H and O–H groups in total. The van der Waals surface area contributed by atoms with Crippen molar-refractivity contribution in [2.45, 2.75) is 39.7 Å². The third-order valence-corrected chi connectivity index (χ3v) is 5.67. The third kappa shape index (κ3) is 7.63. The van der Waals surface area contributed by atoms with Crippen molar-refractivity contribution in [2.24, 2.45) is 11.3 Å². The number of likely N-dealkylation sites (tertiary alicyclic amines) is 1. The van der Waals surface area contributed by atoms with E-state index in [2.05, 4.69) is 40.0 Å². The van der Waals surface area contributed by atoms with Crippen LogP contribution < -0.4 is 10.1 Å². The van der Waals surface area contributed by atoms with Gasteiger partial charge in [0.1, 0.15) is 5.75 Å². The lowest BCUT2D eigenvalue weighted by Crippen LogP contribution is -2.48. The fourth-order valence-electron chi connectivity index (χ4n) is 3.77. The molecule has 0 bridgehead atoms. The van der Waals surface area contributed by atoms with Gasteiger partial charge in [-0.3, -0.25) is 9.59 Å². The van der Waals surface area contributed by atoms with E-state index < -0.39 is 6.10 Å². The van der Waals surface area contributed by atoms with Crippen molar-refractivity contribution in [1.29, 1.82) is 0 Å². The van der Waals surface area contributed by atoms with Crippen molar-refractivity contribution in [1.82, 2.24) is 15.1 Å². The highest BCUT2D eigenvalue weighted by atomic mass is 79.9. The summed E-state index contributed by atoms with van der Waals surface area (Å²) >= 11 is 3.39. The number of benzene rings is 1. The molecule has 0 aromatic heterocycles. The molecule has 1 aromatic carbocycles. The maximum absolute atomic E-state index is 12.7. The lowest BCUT2D eigenvalue weighted by molar-refractivity contribution is -0.141. The topological polar surface area (TPSA) is 61.9 Å². The van der Waals surface area contributed by atoms with Crippen LogP contribution in [0.15, 0.2) is 28.7 Å². The summed E-state index contributed by atoms with van der Waals surface area (Å²) in [7, 11) is 4.08. The minimum Gasteiger partial charge on any atom is -0.481 e. The molecular weight excluding hydrogens is 434 g/mol. The Balaban J connectivity index is 1.77.